The number of hydrogen-bond donors (Lipinski definition) is 1. The predicted molar refractivity (Wildman–Crippen MR) is 90.5 cm³/mol. The largest absolute Gasteiger partial charge is 0.393 e. The fourth-order valence-electron chi connectivity index (χ4n) is 3.54. The second-order valence-electron chi connectivity index (χ2n) is 6.56. The third kappa shape index (κ3) is 2.68. The molecular formula is C17H20BrN3O2. The van der Waals surface area contributed by atoms with Gasteiger partial charge in [0.15, 0.2) is 5.82 Å². The number of nitrogens with zero attached hydrogens (tertiary/aromatic N) is 3. The van der Waals surface area contributed by atoms with Gasteiger partial charge < -0.3 is 14.5 Å². The Hall–Kier alpha value is -1.40. The van der Waals surface area contributed by atoms with E-state index >= 15 is 0 Å². The van der Waals surface area contributed by atoms with Crippen molar-refractivity contribution in [2.75, 3.05) is 18.0 Å². The van der Waals surface area contributed by atoms with Crippen LogP contribution in [0, 0.1) is 0 Å². The molecule has 0 amide bonds. The van der Waals surface area contributed by atoms with Crippen LogP contribution in [0.4, 0.5) is 6.01 Å². The van der Waals surface area contributed by atoms with Gasteiger partial charge in [-0.2, -0.15) is 4.98 Å². The van der Waals surface area contributed by atoms with Crippen molar-refractivity contribution in [3.05, 3.63) is 40.1 Å². The minimum atomic E-state index is -0.200. The van der Waals surface area contributed by atoms with Crippen molar-refractivity contribution >= 4 is 21.9 Å². The number of aromatic nitrogens is 2. The molecule has 1 aromatic heterocycles. The molecule has 2 fully saturated rings. The number of anilines is 1. The highest BCUT2D eigenvalue weighted by Gasteiger charge is 2.44. The molecule has 1 aliphatic heterocycles. The second-order valence-corrected chi connectivity index (χ2v) is 7.48. The van der Waals surface area contributed by atoms with Crippen molar-refractivity contribution in [1.29, 1.82) is 0 Å². The first-order valence-corrected chi connectivity index (χ1v) is 9.00. The zero-order chi connectivity index (χ0) is 15.9. The van der Waals surface area contributed by atoms with Crippen molar-refractivity contribution in [3.8, 4) is 0 Å². The maximum Gasteiger partial charge on any atom is 0.324 e. The quantitative estimate of drug-likeness (QED) is 0.889. The Morgan fingerprint density at radius 1 is 1.17 bits per heavy atom. The summed E-state index contributed by atoms with van der Waals surface area (Å²) in [6.45, 7) is 1.54. The fourth-order valence-corrected chi connectivity index (χ4v) is 3.80. The Bertz CT molecular complexity index is 673. The first-order valence-electron chi connectivity index (χ1n) is 8.21. The van der Waals surface area contributed by atoms with Crippen LogP contribution in [0.5, 0.6) is 0 Å². The van der Waals surface area contributed by atoms with Gasteiger partial charge in [0.2, 0.25) is 0 Å². The van der Waals surface area contributed by atoms with Crippen LogP contribution in [0.15, 0.2) is 33.3 Å². The lowest BCUT2D eigenvalue weighted by molar-refractivity contribution is 0.143. The summed E-state index contributed by atoms with van der Waals surface area (Å²) < 4.78 is 6.62. The summed E-state index contributed by atoms with van der Waals surface area (Å²) in [7, 11) is 0. The summed E-state index contributed by atoms with van der Waals surface area (Å²) >= 11 is 3.49. The van der Waals surface area contributed by atoms with Gasteiger partial charge >= 0.3 is 6.01 Å². The molecule has 1 N–H and O–H groups in total. The lowest BCUT2D eigenvalue weighted by Crippen LogP contribution is -2.37. The Labute approximate surface area is 143 Å². The van der Waals surface area contributed by atoms with E-state index in [1.54, 1.807) is 0 Å². The van der Waals surface area contributed by atoms with Crippen LogP contribution in [0.3, 0.4) is 0 Å². The molecule has 4 rings (SSSR count). The first-order chi connectivity index (χ1) is 11.2. The molecule has 2 aliphatic rings. The lowest BCUT2D eigenvalue weighted by atomic mass is 9.64. The van der Waals surface area contributed by atoms with E-state index in [2.05, 4.69) is 50.3 Å². The Morgan fingerprint density at radius 3 is 2.48 bits per heavy atom. The minimum absolute atomic E-state index is 0.0995. The van der Waals surface area contributed by atoms with Crippen LogP contribution >= 0.6 is 15.9 Å². The maximum atomic E-state index is 9.63. The summed E-state index contributed by atoms with van der Waals surface area (Å²) in [5.74, 6) is 0.798. The maximum absolute atomic E-state index is 9.63. The second kappa shape index (κ2) is 5.91. The number of halogens is 1. The van der Waals surface area contributed by atoms with Gasteiger partial charge in [-0.05, 0) is 43.4 Å². The third-order valence-electron chi connectivity index (χ3n) is 5.18. The molecule has 6 heteroatoms. The van der Waals surface area contributed by atoms with E-state index in [1.165, 1.54) is 12.0 Å². The molecule has 0 bridgehead atoms. The molecule has 0 atom stereocenters. The SMILES string of the molecule is OC1CCN(c2nc(C3(c4ccc(Br)cc4)CCC3)no2)CC1. The van der Waals surface area contributed by atoms with Crippen LogP contribution in [-0.4, -0.2) is 34.4 Å². The van der Waals surface area contributed by atoms with E-state index in [0.717, 1.165) is 49.1 Å². The standard InChI is InChI=1S/C17H20BrN3O2/c18-13-4-2-12(3-5-13)17(8-1-9-17)15-19-16(23-20-15)21-10-6-14(22)7-11-21/h2-5,14,22H,1,6-11H2. The van der Waals surface area contributed by atoms with Gasteiger partial charge in [-0.1, -0.05) is 39.6 Å². The number of hydrogen-bond acceptors (Lipinski definition) is 5. The lowest BCUT2D eigenvalue weighted by Gasteiger charge is -2.39. The third-order valence-corrected chi connectivity index (χ3v) is 5.71. The average Bonchev–Trinajstić information content (AvgIpc) is 2.99. The zero-order valence-corrected chi connectivity index (χ0v) is 14.5. The molecule has 1 saturated heterocycles. The highest BCUT2D eigenvalue weighted by molar-refractivity contribution is 9.10. The highest BCUT2D eigenvalue weighted by Crippen LogP contribution is 2.48. The molecule has 1 saturated carbocycles. The van der Waals surface area contributed by atoms with Gasteiger partial charge in [0, 0.05) is 17.6 Å². The Balaban J connectivity index is 1.60. The van der Waals surface area contributed by atoms with E-state index in [4.69, 9.17) is 9.51 Å². The summed E-state index contributed by atoms with van der Waals surface area (Å²) in [5.41, 5.74) is 1.16. The van der Waals surface area contributed by atoms with Crippen LogP contribution < -0.4 is 4.90 Å². The zero-order valence-electron chi connectivity index (χ0n) is 12.9. The van der Waals surface area contributed by atoms with Crippen molar-refractivity contribution in [1.82, 2.24) is 10.1 Å². The predicted octanol–water partition coefficient (Wildman–Crippen LogP) is 3.26. The van der Waals surface area contributed by atoms with E-state index in [0.29, 0.717) is 6.01 Å². The minimum Gasteiger partial charge on any atom is -0.393 e. The smallest absolute Gasteiger partial charge is 0.324 e. The Kier molecular flexibility index (Phi) is 3.89. The van der Waals surface area contributed by atoms with Gasteiger partial charge in [0.25, 0.3) is 0 Å². The van der Waals surface area contributed by atoms with E-state index in [9.17, 15) is 5.11 Å². The summed E-state index contributed by atoms with van der Waals surface area (Å²) in [6.07, 6.45) is 4.63. The molecule has 0 spiro atoms. The van der Waals surface area contributed by atoms with Crippen LogP contribution in [0.1, 0.15) is 43.5 Å². The van der Waals surface area contributed by atoms with Crippen LogP contribution in [0.2, 0.25) is 0 Å². The number of piperidine rings is 1. The summed E-state index contributed by atoms with van der Waals surface area (Å²) in [5, 5.41) is 13.9. The van der Waals surface area contributed by atoms with E-state index in [-0.39, 0.29) is 11.5 Å². The first kappa shape index (κ1) is 15.1. The molecule has 23 heavy (non-hydrogen) atoms. The van der Waals surface area contributed by atoms with E-state index < -0.39 is 0 Å². The van der Waals surface area contributed by atoms with Crippen molar-refractivity contribution in [2.24, 2.45) is 0 Å². The molecule has 0 unspecified atom stereocenters. The molecule has 1 aliphatic carbocycles. The molecule has 122 valence electrons. The topological polar surface area (TPSA) is 62.4 Å². The van der Waals surface area contributed by atoms with E-state index in [1.807, 2.05) is 0 Å². The Morgan fingerprint density at radius 2 is 1.87 bits per heavy atom. The molecule has 5 nitrogen and oxygen atoms in total. The van der Waals surface area contributed by atoms with Crippen LogP contribution in [-0.2, 0) is 5.41 Å². The highest BCUT2D eigenvalue weighted by atomic mass is 79.9. The normalized spacial score (nSPS) is 21.2. The number of aliphatic hydroxyl groups is 1. The molecule has 2 aromatic rings. The number of aliphatic hydroxyl groups excluding tert-OH is 1. The fraction of sp³-hybridized carbons (Fsp3) is 0.529. The van der Waals surface area contributed by atoms with Gasteiger partial charge in [-0.15, -0.1) is 0 Å². The molecule has 0 radical (unpaired) electrons. The van der Waals surface area contributed by atoms with Crippen molar-refractivity contribution < 1.29 is 9.63 Å². The van der Waals surface area contributed by atoms with Crippen molar-refractivity contribution in [3.63, 3.8) is 0 Å². The molecular weight excluding hydrogens is 358 g/mol. The van der Waals surface area contributed by atoms with Crippen LogP contribution in [0.25, 0.3) is 0 Å². The summed E-state index contributed by atoms with van der Waals surface area (Å²) in [6, 6.07) is 9.04. The number of benzene rings is 1. The number of rotatable bonds is 3. The summed E-state index contributed by atoms with van der Waals surface area (Å²) in [4.78, 5) is 6.79. The molecule has 1 aromatic carbocycles. The molecule has 2 heterocycles. The monoisotopic (exact) mass is 377 g/mol. The van der Waals surface area contributed by atoms with Gasteiger partial charge in [0.05, 0.1) is 11.5 Å². The van der Waals surface area contributed by atoms with Gasteiger partial charge in [-0.3, -0.25) is 0 Å². The van der Waals surface area contributed by atoms with Gasteiger partial charge in [-0.25, -0.2) is 0 Å². The van der Waals surface area contributed by atoms with Crippen molar-refractivity contribution in [2.45, 2.75) is 43.6 Å². The van der Waals surface area contributed by atoms with Gasteiger partial charge in [0.1, 0.15) is 0 Å². The average molecular weight is 378 g/mol.